The lowest BCUT2D eigenvalue weighted by molar-refractivity contribution is 0.564. The number of fused-ring (bicyclic) bond motifs is 1. The molecule has 3 heterocycles. The van der Waals surface area contributed by atoms with Gasteiger partial charge in [0.15, 0.2) is 0 Å². The number of halogens is 1. The van der Waals surface area contributed by atoms with Crippen LogP contribution in [-0.2, 0) is 13.0 Å². The number of anilines is 1. The molecule has 0 fully saturated rings. The molecule has 0 aliphatic heterocycles. The molecule has 0 saturated carbocycles. The predicted octanol–water partition coefficient (Wildman–Crippen LogP) is 2.71. The van der Waals surface area contributed by atoms with Gasteiger partial charge in [-0.1, -0.05) is 0 Å². The topological polar surface area (TPSA) is 92.8 Å². The number of rotatable bonds is 5. The Balaban J connectivity index is 1.90. The smallest absolute Gasteiger partial charge is 0.226 e. The fourth-order valence-corrected chi connectivity index (χ4v) is 2.38. The molecule has 3 aromatic rings. The number of nitrogens with one attached hydrogen (secondary N) is 2. The lowest BCUT2D eigenvalue weighted by atomic mass is 10.2. The SMILES string of the molecule is C[C@H](N)Cc1cc2c(NCc3ccoc3)nc(Cl)nc2[nH]1. The molecule has 21 heavy (non-hydrogen) atoms. The average molecular weight is 306 g/mol. The first-order chi connectivity index (χ1) is 10.1. The maximum atomic E-state index is 5.97. The molecule has 0 amide bonds. The summed E-state index contributed by atoms with van der Waals surface area (Å²) < 4.78 is 5.04. The Labute approximate surface area is 126 Å². The minimum absolute atomic E-state index is 0.0730. The van der Waals surface area contributed by atoms with Crippen molar-refractivity contribution in [3.63, 3.8) is 0 Å². The van der Waals surface area contributed by atoms with E-state index in [4.69, 9.17) is 21.8 Å². The van der Waals surface area contributed by atoms with Crippen LogP contribution in [0.15, 0.2) is 29.1 Å². The van der Waals surface area contributed by atoms with Crippen LogP contribution in [0, 0.1) is 0 Å². The average Bonchev–Trinajstić information content (AvgIpc) is 3.03. The largest absolute Gasteiger partial charge is 0.472 e. The molecule has 0 saturated heterocycles. The molecule has 4 N–H and O–H groups in total. The van der Waals surface area contributed by atoms with Crippen molar-refractivity contribution < 1.29 is 4.42 Å². The van der Waals surface area contributed by atoms with Gasteiger partial charge in [0.1, 0.15) is 11.5 Å². The molecule has 0 aliphatic rings. The van der Waals surface area contributed by atoms with E-state index < -0.39 is 0 Å². The van der Waals surface area contributed by atoms with Gasteiger partial charge in [0.05, 0.1) is 17.9 Å². The van der Waals surface area contributed by atoms with E-state index in [-0.39, 0.29) is 11.3 Å². The van der Waals surface area contributed by atoms with Crippen LogP contribution < -0.4 is 11.1 Å². The van der Waals surface area contributed by atoms with E-state index >= 15 is 0 Å². The summed E-state index contributed by atoms with van der Waals surface area (Å²) in [6.45, 7) is 2.56. The second-order valence-corrected chi connectivity index (χ2v) is 5.40. The minimum atomic E-state index is 0.0730. The van der Waals surface area contributed by atoms with Crippen molar-refractivity contribution in [2.24, 2.45) is 5.73 Å². The van der Waals surface area contributed by atoms with E-state index in [1.807, 2.05) is 19.1 Å². The van der Waals surface area contributed by atoms with E-state index in [1.54, 1.807) is 12.5 Å². The summed E-state index contributed by atoms with van der Waals surface area (Å²) in [5.41, 5.74) is 8.59. The normalized spacial score (nSPS) is 12.7. The third kappa shape index (κ3) is 3.17. The molecule has 110 valence electrons. The molecule has 0 aliphatic carbocycles. The zero-order chi connectivity index (χ0) is 14.8. The summed E-state index contributed by atoms with van der Waals surface area (Å²) in [5.74, 6) is 0.693. The van der Waals surface area contributed by atoms with Crippen molar-refractivity contribution >= 4 is 28.5 Å². The maximum Gasteiger partial charge on any atom is 0.226 e. The zero-order valence-electron chi connectivity index (χ0n) is 11.6. The van der Waals surface area contributed by atoms with Gasteiger partial charge in [0, 0.05) is 30.3 Å². The summed E-state index contributed by atoms with van der Waals surface area (Å²) in [6.07, 6.45) is 4.07. The molecule has 0 radical (unpaired) electrons. The van der Waals surface area contributed by atoms with Gasteiger partial charge in [-0.3, -0.25) is 0 Å². The first-order valence-electron chi connectivity index (χ1n) is 6.67. The molecular formula is C14H16ClN5O. The Morgan fingerprint density at radius 2 is 2.33 bits per heavy atom. The van der Waals surface area contributed by atoms with Gasteiger partial charge in [-0.05, 0) is 30.7 Å². The monoisotopic (exact) mass is 305 g/mol. The Kier molecular flexibility index (Phi) is 3.81. The van der Waals surface area contributed by atoms with E-state index in [0.29, 0.717) is 18.0 Å². The summed E-state index contributed by atoms with van der Waals surface area (Å²) in [7, 11) is 0. The van der Waals surface area contributed by atoms with Gasteiger partial charge < -0.3 is 20.5 Å². The highest BCUT2D eigenvalue weighted by atomic mass is 35.5. The van der Waals surface area contributed by atoms with E-state index in [2.05, 4.69) is 20.3 Å². The summed E-state index contributed by atoms with van der Waals surface area (Å²) in [5, 5.41) is 4.35. The Morgan fingerprint density at radius 1 is 1.48 bits per heavy atom. The third-order valence-electron chi connectivity index (χ3n) is 3.10. The van der Waals surface area contributed by atoms with Crippen LogP contribution in [0.3, 0.4) is 0 Å². The van der Waals surface area contributed by atoms with Crippen molar-refractivity contribution in [1.29, 1.82) is 0 Å². The number of nitrogens with zero attached hydrogens (tertiary/aromatic N) is 2. The van der Waals surface area contributed by atoms with E-state index in [1.165, 1.54) is 0 Å². The Hall–Kier alpha value is -2.05. The summed E-state index contributed by atoms with van der Waals surface area (Å²) in [4.78, 5) is 11.7. The maximum absolute atomic E-state index is 5.97. The van der Waals surface area contributed by atoms with Crippen molar-refractivity contribution in [2.75, 3.05) is 5.32 Å². The number of nitrogens with two attached hydrogens (primary N) is 1. The molecule has 1 atom stereocenters. The lowest BCUT2D eigenvalue weighted by Gasteiger charge is -2.05. The molecule has 0 aromatic carbocycles. The first-order valence-corrected chi connectivity index (χ1v) is 7.05. The number of aromatic nitrogens is 3. The molecule has 7 heteroatoms. The fraction of sp³-hybridized carbons (Fsp3) is 0.286. The van der Waals surface area contributed by atoms with Crippen molar-refractivity contribution in [3.8, 4) is 0 Å². The quantitative estimate of drug-likeness (QED) is 0.630. The highest BCUT2D eigenvalue weighted by Crippen LogP contribution is 2.24. The van der Waals surface area contributed by atoms with Crippen LogP contribution in [0.5, 0.6) is 0 Å². The van der Waals surface area contributed by atoms with Gasteiger partial charge >= 0.3 is 0 Å². The number of hydrogen-bond donors (Lipinski definition) is 3. The van der Waals surface area contributed by atoms with E-state index in [9.17, 15) is 0 Å². The van der Waals surface area contributed by atoms with Crippen LogP contribution in [0.2, 0.25) is 5.28 Å². The molecule has 3 aromatic heterocycles. The van der Waals surface area contributed by atoms with Crippen LogP contribution >= 0.6 is 11.6 Å². The first kappa shape index (κ1) is 13.9. The molecule has 3 rings (SSSR count). The van der Waals surface area contributed by atoms with Gasteiger partial charge in [0.25, 0.3) is 0 Å². The second-order valence-electron chi connectivity index (χ2n) is 5.06. The van der Waals surface area contributed by atoms with Crippen LogP contribution in [0.25, 0.3) is 11.0 Å². The standard InChI is InChI=1S/C14H16ClN5O/c1-8(16)4-10-5-11-12(17-6-9-2-3-21-7-9)19-14(15)20-13(11)18-10/h2-3,5,7-8H,4,6,16H2,1H3,(H2,17,18,19,20)/t8-/m0/s1. The van der Waals surface area contributed by atoms with Gasteiger partial charge in [-0.15, -0.1) is 0 Å². The van der Waals surface area contributed by atoms with Crippen molar-refractivity contribution in [1.82, 2.24) is 15.0 Å². The number of aromatic amines is 1. The predicted molar refractivity (Wildman–Crippen MR) is 82.3 cm³/mol. The highest BCUT2D eigenvalue weighted by Gasteiger charge is 2.11. The molecule has 0 unspecified atom stereocenters. The Bertz CT molecular complexity index is 735. The van der Waals surface area contributed by atoms with E-state index in [0.717, 1.165) is 23.1 Å². The molecule has 6 nitrogen and oxygen atoms in total. The fourth-order valence-electron chi connectivity index (χ4n) is 2.21. The molecule has 0 spiro atoms. The van der Waals surface area contributed by atoms with Crippen LogP contribution in [-0.4, -0.2) is 21.0 Å². The van der Waals surface area contributed by atoms with Gasteiger partial charge in [-0.25, -0.2) is 4.98 Å². The van der Waals surface area contributed by atoms with Gasteiger partial charge in [-0.2, -0.15) is 4.98 Å². The van der Waals surface area contributed by atoms with Crippen molar-refractivity contribution in [2.45, 2.75) is 25.9 Å². The molecular weight excluding hydrogens is 290 g/mol. The summed E-state index contributed by atoms with van der Waals surface area (Å²) >= 11 is 5.97. The zero-order valence-corrected chi connectivity index (χ0v) is 12.3. The second kappa shape index (κ2) is 5.75. The number of H-pyrrole nitrogens is 1. The van der Waals surface area contributed by atoms with Crippen LogP contribution in [0.4, 0.5) is 5.82 Å². The highest BCUT2D eigenvalue weighted by molar-refractivity contribution is 6.28. The van der Waals surface area contributed by atoms with Crippen LogP contribution in [0.1, 0.15) is 18.2 Å². The van der Waals surface area contributed by atoms with Gasteiger partial charge in [0.2, 0.25) is 5.28 Å². The minimum Gasteiger partial charge on any atom is -0.472 e. The lowest BCUT2D eigenvalue weighted by Crippen LogP contribution is -2.17. The number of furan rings is 1. The van der Waals surface area contributed by atoms with Crippen molar-refractivity contribution in [3.05, 3.63) is 41.2 Å². The third-order valence-corrected chi connectivity index (χ3v) is 3.27. The molecule has 0 bridgehead atoms. The summed E-state index contributed by atoms with van der Waals surface area (Å²) in [6, 6.07) is 3.97. The Morgan fingerprint density at radius 3 is 3.05 bits per heavy atom. The number of hydrogen-bond acceptors (Lipinski definition) is 5.